The first kappa shape index (κ1) is 34.2. The van der Waals surface area contributed by atoms with Crippen molar-refractivity contribution in [1.29, 1.82) is 0 Å². The Morgan fingerprint density at radius 3 is 2.15 bits per heavy atom. The molecule has 5 aliphatic rings. The first-order chi connectivity index (χ1) is 27.2. The van der Waals surface area contributed by atoms with Crippen LogP contribution >= 0.6 is 16.5 Å². The van der Waals surface area contributed by atoms with Crippen molar-refractivity contribution in [3.8, 4) is 11.5 Å². The molecule has 0 fully saturated rings. The normalized spacial score (nSPS) is 19.6. The van der Waals surface area contributed by atoms with Gasteiger partial charge in [-0.3, -0.25) is 4.52 Å². The third kappa shape index (κ3) is 5.94. The molecule has 0 radical (unpaired) electrons. The smallest absolute Gasteiger partial charge is 0.417 e. The molecule has 0 N–H and O–H groups in total. The zero-order chi connectivity index (χ0) is 36.8. The van der Waals surface area contributed by atoms with Crippen molar-refractivity contribution in [2.24, 2.45) is 0 Å². The van der Waals surface area contributed by atoms with Crippen LogP contribution in [0.2, 0.25) is 0 Å². The van der Waals surface area contributed by atoms with Gasteiger partial charge in [-0.25, -0.2) is 0 Å². The molecule has 0 amide bonds. The summed E-state index contributed by atoms with van der Waals surface area (Å²) in [5.41, 5.74) is 6.95. The number of hydrogen-bond acceptors (Lipinski definition) is 3. The van der Waals surface area contributed by atoms with Crippen LogP contribution in [0.5, 0.6) is 11.5 Å². The molecule has 3 nitrogen and oxygen atoms in total. The zero-order valence-electron chi connectivity index (χ0n) is 30.7. The Kier molecular flexibility index (Phi) is 8.96. The average molecular weight is 751 g/mol. The quantitative estimate of drug-likeness (QED) is 0.138. The van der Waals surface area contributed by atoms with Gasteiger partial charge in [0.2, 0.25) is 0 Å². The van der Waals surface area contributed by atoms with Gasteiger partial charge in [0, 0.05) is 18.2 Å². The Morgan fingerprint density at radius 1 is 0.582 bits per heavy atom. The Labute approximate surface area is 324 Å². The highest BCUT2D eigenvalue weighted by Gasteiger charge is 2.46. The van der Waals surface area contributed by atoms with E-state index in [4.69, 9.17) is 13.6 Å². The maximum atomic E-state index is 6.92. The summed E-state index contributed by atoms with van der Waals surface area (Å²) >= 11 is 0. The number of allylic oxidation sites excluding steroid dienone is 2. The molecule has 2 aliphatic carbocycles. The summed E-state index contributed by atoms with van der Waals surface area (Å²) in [6, 6.07) is 52.3. The summed E-state index contributed by atoms with van der Waals surface area (Å²) in [6.45, 7) is 0. The van der Waals surface area contributed by atoms with E-state index in [9.17, 15) is 0 Å². The lowest BCUT2D eigenvalue weighted by Gasteiger charge is -2.46. The molecule has 0 saturated heterocycles. The predicted molar refractivity (Wildman–Crippen MR) is 230 cm³/mol. The SMILES string of the molecule is COP(Oc1ccccc1C1=CC2(c3ccccc3)C=C(c3ccccc3)P1c1ccccc12)Oc1ccc2c(c1C1=c3ccccc3=CCC1)=CCCC=2. The lowest BCUT2D eigenvalue weighted by Crippen LogP contribution is -2.36. The van der Waals surface area contributed by atoms with Crippen LogP contribution in [0, 0.1) is 0 Å². The van der Waals surface area contributed by atoms with Gasteiger partial charge in [-0.2, -0.15) is 0 Å². The molecule has 5 heteroatoms. The fraction of sp³-hybridized carbons (Fsp3) is 0.120. The van der Waals surface area contributed by atoms with E-state index in [0.29, 0.717) is 0 Å². The Hall–Kier alpha value is -5.30. The number of fused-ring (bicyclic) bond motifs is 2. The highest BCUT2D eigenvalue weighted by Crippen LogP contribution is 2.70. The van der Waals surface area contributed by atoms with Crippen LogP contribution in [0.4, 0.5) is 0 Å². The Balaban J connectivity index is 1.09. The van der Waals surface area contributed by atoms with Crippen LogP contribution in [-0.2, 0) is 9.94 Å². The third-order valence-corrected chi connectivity index (χ3v) is 14.8. The molecule has 11 rings (SSSR count). The van der Waals surface area contributed by atoms with E-state index in [1.54, 1.807) is 7.11 Å². The van der Waals surface area contributed by atoms with E-state index in [2.05, 4.69) is 170 Å². The van der Waals surface area contributed by atoms with Crippen molar-refractivity contribution in [1.82, 2.24) is 0 Å². The molecule has 268 valence electrons. The van der Waals surface area contributed by atoms with Crippen molar-refractivity contribution in [3.63, 3.8) is 0 Å². The highest BCUT2D eigenvalue weighted by molar-refractivity contribution is 7.85. The topological polar surface area (TPSA) is 27.7 Å². The minimum atomic E-state index is -1.82. The van der Waals surface area contributed by atoms with Gasteiger partial charge in [0.1, 0.15) is 11.5 Å². The molecule has 0 spiro atoms. The second kappa shape index (κ2) is 14.4. The van der Waals surface area contributed by atoms with Gasteiger partial charge in [0.25, 0.3) is 0 Å². The summed E-state index contributed by atoms with van der Waals surface area (Å²) in [6.07, 6.45) is 16.1. The summed E-state index contributed by atoms with van der Waals surface area (Å²) in [5.74, 6) is 1.56. The maximum absolute atomic E-state index is 6.92. The largest absolute Gasteiger partial charge is 0.462 e. The lowest BCUT2D eigenvalue weighted by molar-refractivity contribution is 0.322. The minimum absolute atomic E-state index is 0.443. The molecule has 3 unspecified atom stereocenters. The molecular weight excluding hydrogens is 710 g/mol. The van der Waals surface area contributed by atoms with Crippen molar-refractivity contribution in [2.75, 3.05) is 7.11 Å². The van der Waals surface area contributed by atoms with E-state index >= 15 is 0 Å². The Bertz CT molecular complexity index is 2770. The summed E-state index contributed by atoms with van der Waals surface area (Å²) < 4.78 is 19.9. The molecule has 3 atom stereocenters. The fourth-order valence-electron chi connectivity index (χ4n) is 8.82. The molecule has 2 bridgehead atoms. The summed E-state index contributed by atoms with van der Waals surface area (Å²) in [4.78, 5) is 0. The van der Waals surface area contributed by atoms with Crippen molar-refractivity contribution >= 4 is 56.3 Å². The molecule has 3 aliphatic heterocycles. The van der Waals surface area contributed by atoms with Crippen molar-refractivity contribution in [3.05, 3.63) is 206 Å². The van der Waals surface area contributed by atoms with Crippen molar-refractivity contribution < 1.29 is 13.6 Å². The molecular formula is C50H40O3P2. The highest BCUT2D eigenvalue weighted by atomic mass is 31.2. The maximum Gasteiger partial charge on any atom is 0.462 e. The third-order valence-electron chi connectivity index (χ3n) is 11.2. The van der Waals surface area contributed by atoms with Gasteiger partial charge in [-0.05, 0) is 105 Å². The molecule has 0 aromatic heterocycles. The second-order valence-corrected chi connectivity index (χ2v) is 17.6. The number of hydrogen-bond donors (Lipinski definition) is 0. The van der Waals surface area contributed by atoms with Gasteiger partial charge < -0.3 is 9.05 Å². The van der Waals surface area contributed by atoms with E-state index < -0.39 is 21.9 Å². The van der Waals surface area contributed by atoms with Gasteiger partial charge in [0.15, 0.2) is 0 Å². The summed E-state index contributed by atoms with van der Waals surface area (Å²) in [7, 11) is -1.03. The number of rotatable bonds is 9. The minimum Gasteiger partial charge on any atom is -0.417 e. The molecule has 3 heterocycles. The van der Waals surface area contributed by atoms with Crippen LogP contribution in [-0.4, -0.2) is 7.11 Å². The monoisotopic (exact) mass is 750 g/mol. The first-order valence-corrected chi connectivity index (χ1v) is 21.5. The van der Waals surface area contributed by atoms with Gasteiger partial charge in [-0.15, -0.1) is 0 Å². The lowest BCUT2D eigenvalue weighted by atomic mass is 9.72. The molecule has 6 aromatic rings. The first-order valence-electron chi connectivity index (χ1n) is 19.1. The van der Waals surface area contributed by atoms with E-state index in [0.717, 1.165) is 48.3 Å². The van der Waals surface area contributed by atoms with E-state index in [-0.39, 0.29) is 0 Å². The van der Waals surface area contributed by atoms with E-state index in [1.807, 2.05) is 6.07 Å². The van der Waals surface area contributed by atoms with Crippen LogP contribution in [0.1, 0.15) is 53.5 Å². The van der Waals surface area contributed by atoms with Crippen LogP contribution < -0.4 is 35.2 Å². The fourth-order valence-corrected chi connectivity index (χ4v) is 12.6. The zero-order valence-corrected chi connectivity index (χ0v) is 32.5. The Morgan fingerprint density at radius 2 is 1.27 bits per heavy atom. The van der Waals surface area contributed by atoms with Crippen LogP contribution in [0.15, 0.2) is 158 Å². The van der Waals surface area contributed by atoms with Crippen LogP contribution in [0.25, 0.3) is 34.4 Å². The van der Waals surface area contributed by atoms with Gasteiger partial charge in [0.05, 0.1) is 5.41 Å². The number of para-hydroxylation sites is 1. The van der Waals surface area contributed by atoms with Gasteiger partial charge in [-0.1, -0.05) is 164 Å². The molecule has 0 saturated carbocycles. The second-order valence-electron chi connectivity index (χ2n) is 14.3. The predicted octanol–water partition coefficient (Wildman–Crippen LogP) is 9.65. The summed E-state index contributed by atoms with van der Waals surface area (Å²) in [5, 5.41) is 9.10. The molecule has 55 heavy (non-hydrogen) atoms. The standard InChI is InChI=1S/C50H40O3P2/c1-51-55(53-45-32-31-36-18-9-11-25-40(36)49(45)41-27-16-21-35-17-8-10-24-39(35)41)52-44-29-14-12-26-42(44)48-34-50(38-22-6-3-7-23-38)33-47(37-19-4-2-5-20-37)54(48)46-30-15-13-28-43(46)50/h2-8,10,12-15,17-26,28-34H,9,11,16,27H2,1H3. The van der Waals surface area contributed by atoms with Crippen LogP contribution in [0.3, 0.4) is 0 Å². The molecule has 6 aromatic carbocycles. The average Bonchev–Trinajstić information content (AvgIpc) is 3.26. The van der Waals surface area contributed by atoms with E-state index in [1.165, 1.54) is 59.1 Å². The van der Waals surface area contributed by atoms with Gasteiger partial charge >= 0.3 is 8.60 Å². The van der Waals surface area contributed by atoms with Crippen molar-refractivity contribution in [2.45, 2.75) is 31.1 Å². The number of benzene rings is 6.